The van der Waals surface area contributed by atoms with E-state index in [2.05, 4.69) is 42.6 Å². The van der Waals surface area contributed by atoms with Crippen LogP contribution in [0.15, 0.2) is 30.3 Å². The van der Waals surface area contributed by atoms with E-state index in [1.165, 1.54) is 36.0 Å². The van der Waals surface area contributed by atoms with Gasteiger partial charge in [-0.1, -0.05) is 36.8 Å². The van der Waals surface area contributed by atoms with Gasteiger partial charge >= 0.3 is 0 Å². The van der Waals surface area contributed by atoms with Crippen LogP contribution in [0.1, 0.15) is 49.7 Å². The molecule has 1 fully saturated rings. The highest BCUT2D eigenvalue weighted by atomic mass is 14.8. The molecular weight excluding hydrogens is 206 g/mol. The molecule has 0 saturated heterocycles. The highest BCUT2D eigenvalue weighted by Gasteiger charge is 2.18. The maximum absolute atomic E-state index is 3.17. The molecule has 2 rings (SSSR count). The normalized spacial score (nSPS) is 16.9. The van der Waals surface area contributed by atoms with E-state index >= 15 is 0 Å². The van der Waals surface area contributed by atoms with Crippen molar-refractivity contribution in [3.05, 3.63) is 41.5 Å². The van der Waals surface area contributed by atoms with Gasteiger partial charge in [0.05, 0.1) is 0 Å². The van der Waals surface area contributed by atoms with Gasteiger partial charge in [-0.25, -0.2) is 0 Å². The molecule has 1 N–H and O–H groups in total. The van der Waals surface area contributed by atoms with Crippen LogP contribution < -0.4 is 5.32 Å². The third-order valence-corrected chi connectivity index (χ3v) is 3.79. The fraction of sp³-hybridized carbons (Fsp3) is 0.500. The summed E-state index contributed by atoms with van der Waals surface area (Å²) in [5.41, 5.74) is 4.28. The standard InChI is InChI=1S/C16H23N/c1-13(5-4-12-17-2)14-8-10-16(11-9-14)15-6-3-7-15/h5,8-11,15,17H,3-4,6-7,12H2,1-2H3/b13-5-. The summed E-state index contributed by atoms with van der Waals surface area (Å²) >= 11 is 0. The lowest BCUT2D eigenvalue weighted by Crippen LogP contribution is -2.08. The van der Waals surface area contributed by atoms with Gasteiger partial charge < -0.3 is 5.32 Å². The van der Waals surface area contributed by atoms with Crippen LogP contribution in [0.5, 0.6) is 0 Å². The van der Waals surface area contributed by atoms with Gasteiger partial charge in [0.2, 0.25) is 0 Å². The quantitative estimate of drug-likeness (QED) is 0.753. The van der Waals surface area contributed by atoms with Crippen LogP contribution in [0.3, 0.4) is 0 Å². The molecule has 0 bridgehead atoms. The molecule has 1 nitrogen and oxygen atoms in total. The molecule has 1 aromatic carbocycles. The monoisotopic (exact) mass is 229 g/mol. The number of rotatable bonds is 5. The van der Waals surface area contributed by atoms with Gasteiger partial charge in [-0.2, -0.15) is 0 Å². The second-order valence-corrected chi connectivity index (χ2v) is 5.03. The lowest BCUT2D eigenvalue weighted by Gasteiger charge is -2.25. The van der Waals surface area contributed by atoms with Crippen molar-refractivity contribution in [3.8, 4) is 0 Å². The van der Waals surface area contributed by atoms with Crippen LogP contribution >= 0.6 is 0 Å². The molecule has 0 heterocycles. The molecule has 0 spiro atoms. The molecule has 0 radical (unpaired) electrons. The van der Waals surface area contributed by atoms with Crippen LogP contribution in [0.4, 0.5) is 0 Å². The summed E-state index contributed by atoms with van der Waals surface area (Å²) in [7, 11) is 2.00. The summed E-state index contributed by atoms with van der Waals surface area (Å²) in [5.74, 6) is 0.845. The van der Waals surface area contributed by atoms with Crippen LogP contribution in [0, 0.1) is 0 Å². The first-order valence-electron chi connectivity index (χ1n) is 6.73. The Morgan fingerprint density at radius 1 is 1.29 bits per heavy atom. The minimum absolute atomic E-state index is 0.845. The third-order valence-electron chi connectivity index (χ3n) is 3.79. The second-order valence-electron chi connectivity index (χ2n) is 5.03. The molecule has 92 valence electrons. The number of hydrogen-bond donors (Lipinski definition) is 1. The Morgan fingerprint density at radius 2 is 2.00 bits per heavy atom. The van der Waals surface area contributed by atoms with E-state index in [0.717, 1.165) is 18.9 Å². The van der Waals surface area contributed by atoms with E-state index in [-0.39, 0.29) is 0 Å². The molecular formula is C16H23N. The third kappa shape index (κ3) is 3.19. The van der Waals surface area contributed by atoms with E-state index < -0.39 is 0 Å². The summed E-state index contributed by atoms with van der Waals surface area (Å²) in [6.07, 6.45) is 7.60. The Bertz CT molecular complexity index is 371. The highest BCUT2D eigenvalue weighted by Crippen LogP contribution is 2.36. The lowest BCUT2D eigenvalue weighted by molar-refractivity contribution is 0.420. The van der Waals surface area contributed by atoms with Crippen molar-refractivity contribution in [2.75, 3.05) is 13.6 Å². The largest absolute Gasteiger partial charge is 0.319 e. The van der Waals surface area contributed by atoms with E-state index in [1.54, 1.807) is 0 Å². The molecule has 1 aromatic rings. The molecule has 0 aromatic heterocycles. The Kier molecular flexibility index (Phi) is 4.38. The van der Waals surface area contributed by atoms with Crippen LogP contribution in [-0.4, -0.2) is 13.6 Å². The average Bonchev–Trinajstić information content (AvgIpc) is 2.28. The van der Waals surface area contributed by atoms with Crippen molar-refractivity contribution in [3.63, 3.8) is 0 Å². The van der Waals surface area contributed by atoms with Crippen LogP contribution in [-0.2, 0) is 0 Å². The first kappa shape index (κ1) is 12.4. The molecule has 1 aliphatic carbocycles. The summed E-state index contributed by atoms with van der Waals surface area (Å²) < 4.78 is 0. The van der Waals surface area contributed by atoms with Gasteiger partial charge in [0.25, 0.3) is 0 Å². The van der Waals surface area contributed by atoms with E-state index in [1.807, 2.05) is 7.05 Å². The Balaban J connectivity index is 1.98. The van der Waals surface area contributed by atoms with Crippen LogP contribution in [0.2, 0.25) is 0 Å². The van der Waals surface area contributed by atoms with Crippen molar-refractivity contribution in [2.24, 2.45) is 0 Å². The van der Waals surface area contributed by atoms with Crippen molar-refractivity contribution < 1.29 is 0 Å². The number of allylic oxidation sites excluding steroid dienone is 1. The van der Waals surface area contributed by atoms with Gasteiger partial charge in [0.1, 0.15) is 0 Å². The number of nitrogens with one attached hydrogen (secondary N) is 1. The van der Waals surface area contributed by atoms with Gasteiger partial charge in [0, 0.05) is 0 Å². The minimum Gasteiger partial charge on any atom is -0.319 e. The van der Waals surface area contributed by atoms with Crippen molar-refractivity contribution >= 4 is 5.57 Å². The SMILES string of the molecule is CNCC/C=C(/C)c1ccc(C2CCC2)cc1. The Hall–Kier alpha value is -1.08. The molecule has 17 heavy (non-hydrogen) atoms. The summed E-state index contributed by atoms with van der Waals surface area (Å²) in [4.78, 5) is 0. The lowest BCUT2D eigenvalue weighted by atomic mass is 9.80. The number of hydrogen-bond acceptors (Lipinski definition) is 1. The maximum atomic E-state index is 3.17. The highest BCUT2D eigenvalue weighted by molar-refractivity contribution is 5.63. The predicted octanol–water partition coefficient (Wildman–Crippen LogP) is 3.97. The molecule has 1 saturated carbocycles. The van der Waals surface area contributed by atoms with E-state index in [9.17, 15) is 0 Å². The van der Waals surface area contributed by atoms with Crippen molar-refractivity contribution in [2.45, 2.75) is 38.5 Å². The molecule has 0 aliphatic heterocycles. The zero-order valence-corrected chi connectivity index (χ0v) is 11.0. The van der Waals surface area contributed by atoms with Gasteiger partial charge in [0.15, 0.2) is 0 Å². The van der Waals surface area contributed by atoms with Crippen LogP contribution in [0.25, 0.3) is 5.57 Å². The first-order valence-corrected chi connectivity index (χ1v) is 6.73. The fourth-order valence-electron chi connectivity index (χ4n) is 2.31. The van der Waals surface area contributed by atoms with Gasteiger partial charge in [-0.3, -0.25) is 0 Å². The zero-order valence-electron chi connectivity index (χ0n) is 11.0. The number of benzene rings is 1. The molecule has 1 heteroatoms. The molecule has 0 atom stereocenters. The summed E-state index contributed by atoms with van der Waals surface area (Å²) in [6, 6.07) is 9.18. The Labute approximate surface area is 105 Å². The fourth-order valence-corrected chi connectivity index (χ4v) is 2.31. The summed E-state index contributed by atoms with van der Waals surface area (Å²) in [6.45, 7) is 3.26. The maximum Gasteiger partial charge on any atom is -0.00171 e. The average molecular weight is 229 g/mol. The zero-order chi connectivity index (χ0) is 12.1. The topological polar surface area (TPSA) is 12.0 Å². The Morgan fingerprint density at radius 3 is 2.53 bits per heavy atom. The molecule has 0 amide bonds. The smallest absolute Gasteiger partial charge is 0.00171 e. The van der Waals surface area contributed by atoms with Crippen molar-refractivity contribution in [1.82, 2.24) is 5.32 Å². The van der Waals surface area contributed by atoms with Gasteiger partial charge in [-0.15, -0.1) is 0 Å². The first-order chi connectivity index (χ1) is 8.31. The van der Waals surface area contributed by atoms with E-state index in [4.69, 9.17) is 0 Å². The minimum atomic E-state index is 0.845. The molecule has 1 aliphatic rings. The second kappa shape index (κ2) is 6.02. The van der Waals surface area contributed by atoms with E-state index in [0.29, 0.717) is 0 Å². The summed E-state index contributed by atoms with van der Waals surface area (Å²) in [5, 5.41) is 3.17. The predicted molar refractivity (Wildman–Crippen MR) is 75.2 cm³/mol. The van der Waals surface area contributed by atoms with Crippen molar-refractivity contribution in [1.29, 1.82) is 0 Å². The van der Waals surface area contributed by atoms with Gasteiger partial charge in [-0.05, 0) is 62.4 Å². The molecule has 0 unspecified atom stereocenters.